The predicted octanol–water partition coefficient (Wildman–Crippen LogP) is 4.46. The van der Waals surface area contributed by atoms with Crippen LogP contribution in [0.3, 0.4) is 0 Å². The molecule has 8 nitrogen and oxygen atoms in total. The monoisotopic (exact) mass is 472 g/mol. The second-order valence-electron chi connectivity index (χ2n) is 7.01. The molecule has 1 aromatic heterocycles. The van der Waals surface area contributed by atoms with Gasteiger partial charge in [-0.1, -0.05) is 40.8 Å². The highest BCUT2D eigenvalue weighted by Gasteiger charge is 2.15. The van der Waals surface area contributed by atoms with Gasteiger partial charge in [0.2, 0.25) is 11.0 Å². The van der Waals surface area contributed by atoms with E-state index in [0.29, 0.717) is 26.5 Å². The van der Waals surface area contributed by atoms with Gasteiger partial charge in [0, 0.05) is 11.3 Å². The second-order valence-corrected chi connectivity index (χ2v) is 9.21. The van der Waals surface area contributed by atoms with E-state index in [4.69, 9.17) is 9.47 Å². The molecule has 0 unspecified atom stereocenters. The molecule has 2 amide bonds. The van der Waals surface area contributed by atoms with Gasteiger partial charge < -0.3 is 14.8 Å². The summed E-state index contributed by atoms with van der Waals surface area (Å²) in [6.45, 7) is 5.97. The van der Waals surface area contributed by atoms with E-state index in [1.54, 1.807) is 18.2 Å². The number of hydrogen-bond donors (Lipinski definition) is 2. The molecule has 3 rings (SSSR count). The average molecular weight is 473 g/mol. The summed E-state index contributed by atoms with van der Waals surface area (Å²) in [5.74, 6) is 0.704. The lowest BCUT2D eigenvalue weighted by atomic mass is 10.1. The van der Waals surface area contributed by atoms with Crippen LogP contribution < -0.4 is 20.1 Å². The lowest BCUT2D eigenvalue weighted by Gasteiger charge is -2.12. The maximum absolute atomic E-state index is 12.5. The van der Waals surface area contributed by atoms with E-state index in [1.807, 2.05) is 32.9 Å². The van der Waals surface area contributed by atoms with Gasteiger partial charge in [-0.25, -0.2) is 0 Å². The minimum absolute atomic E-state index is 0.129. The highest BCUT2D eigenvalue weighted by Crippen LogP contribution is 2.29. The molecule has 0 spiro atoms. The summed E-state index contributed by atoms with van der Waals surface area (Å²) in [6, 6.07) is 8.95. The number of rotatable bonds is 8. The van der Waals surface area contributed by atoms with E-state index in [-0.39, 0.29) is 17.6 Å². The number of anilines is 2. The van der Waals surface area contributed by atoms with Crippen molar-refractivity contribution in [2.24, 2.45) is 0 Å². The zero-order chi connectivity index (χ0) is 23.3. The molecule has 0 atom stereocenters. The van der Waals surface area contributed by atoms with Crippen LogP contribution >= 0.6 is 23.1 Å². The molecular formula is C22H24N4O4S2. The van der Waals surface area contributed by atoms with Crippen LogP contribution in [0.15, 0.2) is 34.7 Å². The van der Waals surface area contributed by atoms with Crippen molar-refractivity contribution >= 4 is 45.7 Å². The van der Waals surface area contributed by atoms with Gasteiger partial charge >= 0.3 is 0 Å². The Hall–Kier alpha value is -3.11. The van der Waals surface area contributed by atoms with E-state index < -0.39 is 0 Å². The summed E-state index contributed by atoms with van der Waals surface area (Å²) in [5, 5.41) is 14.0. The van der Waals surface area contributed by atoms with Gasteiger partial charge in [-0.3, -0.25) is 14.9 Å². The third-order valence-electron chi connectivity index (χ3n) is 4.54. The second kappa shape index (κ2) is 10.5. The Labute approximate surface area is 194 Å². The lowest BCUT2D eigenvalue weighted by Crippen LogP contribution is -2.15. The average Bonchev–Trinajstić information content (AvgIpc) is 3.21. The van der Waals surface area contributed by atoms with Gasteiger partial charge in [-0.05, 0) is 50.1 Å². The molecule has 0 radical (unpaired) electrons. The number of thioether (sulfide) groups is 1. The van der Waals surface area contributed by atoms with E-state index in [9.17, 15) is 9.59 Å². The molecule has 2 aromatic carbocycles. The minimum Gasteiger partial charge on any atom is -0.493 e. The zero-order valence-electron chi connectivity index (χ0n) is 18.4. The number of nitrogens with zero attached hydrogens (tertiary/aromatic N) is 2. The molecule has 2 N–H and O–H groups in total. The third-order valence-corrected chi connectivity index (χ3v) is 6.51. The van der Waals surface area contributed by atoms with Crippen molar-refractivity contribution in [2.45, 2.75) is 25.1 Å². The summed E-state index contributed by atoms with van der Waals surface area (Å²) in [6.07, 6.45) is 0. The largest absolute Gasteiger partial charge is 0.493 e. The Morgan fingerprint density at radius 1 is 0.969 bits per heavy atom. The number of hydrogen-bond acceptors (Lipinski definition) is 8. The van der Waals surface area contributed by atoms with E-state index >= 15 is 0 Å². The summed E-state index contributed by atoms with van der Waals surface area (Å²) in [5.41, 5.74) is 4.44. The third kappa shape index (κ3) is 5.77. The molecule has 32 heavy (non-hydrogen) atoms. The molecule has 0 saturated heterocycles. The fourth-order valence-electron chi connectivity index (χ4n) is 3.15. The minimum atomic E-state index is -0.346. The molecule has 0 aliphatic rings. The van der Waals surface area contributed by atoms with Crippen molar-refractivity contribution in [3.8, 4) is 11.5 Å². The fraction of sp³-hybridized carbons (Fsp3) is 0.273. The Balaban J connectivity index is 1.57. The first-order chi connectivity index (χ1) is 15.3. The van der Waals surface area contributed by atoms with Crippen molar-refractivity contribution in [1.82, 2.24) is 10.2 Å². The van der Waals surface area contributed by atoms with Crippen molar-refractivity contribution in [3.05, 3.63) is 52.6 Å². The summed E-state index contributed by atoms with van der Waals surface area (Å²) in [7, 11) is 3.03. The number of carbonyl (C=O) groups excluding carboxylic acids is 2. The zero-order valence-corrected chi connectivity index (χ0v) is 20.1. The molecule has 0 fully saturated rings. The number of aryl methyl sites for hydroxylation is 3. The van der Waals surface area contributed by atoms with Gasteiger partial charge in [0.15, 0.2) is 15.8 Å². The van der Waals surface area contributed by atoms with Crippen molar-refractivity contribution in [2.75, 3.05) is 30.6 Å². The van der Waals surface area contributed by atoms with Crippen LogP contribution in [-0.2, 0) is 4.79 Å². The molecule has 168 valence electrons. The van der Waals surface area contributed by atoms with Crippen molar-refractivity contribution in [3.63, 3.8) is 0 Å². The highest BCUT2D eigenvalue weighted by molar-refractivity contribution is 8.01. The van der Waals surface area contributed by atoms with E-state index in [1.165, 1.54) is 37.3 Å². The molecule has 3 aromatic rings. The Morgan fingerprint density at radius 3 is 2.31 bits per heavy atom. The molecular weight excluding hydrogens is 448 g/mol. The number of methoxy groups -OCH3 is 2. The van der Waals surface area contributed by atoms with Gasteiger partial charge in [-0.2, -0.15) is 0 Å². The first-order valence-electron chi connectivity index (χ1n) is 9.68. The lowest BCUT2D eigenvalue weighted by molar-refractivity contribution is -0.113. The topological polar surface area (TPSA) is 102 Å². The van der Waals surface area contributed by atoms with Gasteiger partial charge in [-0.15, -0.1) is 10.2 Å². The van der Waals surface area contributed by atoms with Gasteiger partial charge in [0.25, 0.3) is 5.91 Å². The number of amides is 2. The van der Waals surface area contributed by atoms with Gasteiger partial charge in [0.05, 0.1) is 20.0 Å². The fourth-order valence-corrected chi connectivity index (χ4v) is 4.69. The smallest absolute Gasteiger partial charge is 0.257 e. The molecule has 0 aliphatic heterocycles. The van der Waals surface area contributed by atoms with Crippen LogP contribution in [0.1, 0.15) is 27.0 Å². The van der Waals surface area contributed by atoms with Crippen LogP contribution in [0.4, 0.5) is 10.8 Å². The van der Waals surface area contributed by atoms with Crippen molar-refractivity contribution in [1.29, 1.82) is 0 Å². The quantitative estimate of drug-likeness (QED) is 0.368. The summed E-state index contributed by atoms with van der Waals surface area (Å²) < 4.78 is 11.0. The van der Waals surface area contributed by atoms with E-state index in [2.05, 4.69) is 20.8 Å². The summed E-state index contributed by atoms with van der Waals surface area (Å²) >= 11 is 2.47. The maximum Gasteiger partial charge on any atom is 0.257 e. The van der Waals surface area contributed by atoms with Gasteiger partial charge in [0.1, 0.15) is 0 Å². The first-order valence-corrected chi connectivity index (χ1v) is 11.5. The van der Waals surface area contributed by atoms with E-state index in [0.717, 1.165) is 22.4 Å². The van der Waals surface area contributed by atoms with Crippen LogP contribution in [0, 0.1) is 20.8 Å². The number of nitrogens with one attached hydrogen (secondary N) is 2. The SMILES string of the molecule is COc1ccc(C(=O)Nc2nnc(SCC(=O)Nc3c(C)cc(C)cc3C)s2)cc1OC. The normalized spacial score (nSPS) is 10.5. The molecule has 0 aliphatic carbocycles. The Kier molecular flexibility index (Phi) is 7.70. The number of carbonyl (C=O) groups is 2. The van der Waals surface area contributed by atoms with Crippen LogP contribution in [0.5, 0.6) is 11.5 Å². The Bertz CT molecular complexity index is 1120. The molecule has 0 bridgehead atoms. The van der Waals surface area contributed by atoms with Crippen LogP contribution in [-0.4, -0.2) is 42.0 Å². The Morgan fingerprint density at radius 2 is 1.66 bits per heavy atom. The standard InChI is InChI=1S/C22H24N4O4S2/c1-12-8-13(2)19(14(3)9-12)23-18(27)11-31-22-26-25-21(32-22)24-20(28)15-6-7-16(29-4)17(10-15)30-5/h6-10H,11H2,1-5H3,(H,23,27)(H,24,25,28). The maximum atomic E-state index is 12.5. The first kappa shape index (κ1) is 23.6. The van der Waals surface area contributed by atoms with Crippen LogP contribution in [0.25, 0.3) is 0 Å². The number of aromatic nitrogens is 2. The number of benzene rings is 2. The summed E-state index contributed by atoms with van der Waals surface area (Å²) in [4.78, 5) is 24.9. The molecule has 0 saturated carbocycles. The molecule has 10 heteroatoms. The number of ether oxygens (including phenoxy) is 2. The van der Waals surface area contributed by atoms with Crippen LogP contribution in [0.2, 0.25) is 0 Å². The molecule has 1 heterocycles. The predicted molar refractivity (Wildman–Crippen MR) is 127 cm³/mol. The van der Waals surface area contributed by atoms with Crippen molar-refractivity contribution < 1.29 is 19.1 Å². The highest BCUT2D eigenvalue weighted by atomic mass is 32.2.